The zero-order valence-electron chi connectivity index (χ0n) is 14.5. The molecule has 2 aromatic rings. The number of carbonyl (C=O) groups is 2. The highest BCUT2D eigenvalue weighted by Gasteiger charge is 2.27. The zero-order chi connectivity index (χ0) is 19.3. The Morgan fingerprint density at radius 3 is 2.63 bits per heavy atom. The number of benzene rings is 1. The van der Waals surface area contributed by atoms with Crippen LogP contribution in [0.3, 0.4) is 0 Å². The van der Waals surface area contributed by atoms with Crippen LogP contribution in [0.25, 0.3) is 0 Å². The highest BCUT2D eigenvalue weighted by atomic mass is 32.2. The number of hydrogen-bond donors (Lipinski definition) is 1. The lowest BCUT2D eigenvalue weighted by atomic mass is 10.3. The molecule has 0 unspecified atom stereocenters. The van der Waals surface area contributed by atoms with E-state index >= 15 is 0 Å². The number of ether oxygens (including phenoxy) is 1. The number of esters is 1. The van der Waals surface area contributed by atoms with Gasteiger partial charge >= 0.3 is 5.97 Å². The summed E-state index contributed by atoms with van der Waals surface area (Å²) < 4.78 is 31.5. The number of hydrogen-bond acceptors (Lipinski definition) is 6. The van der Waals surface area contributed by atoms with E-state index in [1.54, 1.807) is 18.2 Å². The number of nitrogens with zero attached hydrogens (tertiary/aromatic N) is 2. The van der Waals surface area contributed by atoms with Crippen molar-refractivity contribution in [3.8, 4) is 0 Å². The van der Waals surface area contributed by atoms with Gasteiger partial charge in [-0.15, -0.1) is 0 Å². The molecule has 1 N–H and O–H groups in total. The third kappa shape index (κ3) is 4.69. The van der Waals surface area contributed by atoms with Gasteiger partial charge in [-0.2, -0.15) is 4.31 Å². The molecule has 142 valence electrons. The predicted octanol–water partition coefficient (Wildman–Crippen LogP) is 1.66. The Hall–Kier alpha value is -2.78. The van der Waals surface area contributed by atoms with Crippen LogP contribution < -0.4 is 5.32 Å². The first-order valence-electron chi connectivity index (χ1n) is 8.44. The molecule has 0 atom stereocenters. The summed E-state index contributed by atoms with van der Waals surface area (Å²) in [5, 5.41) is 2.54. The van der Waals surface area contributed by atoms with Crippen molar-refractivity contribution < 1.29 is 22.7 Å². The fourth-order valence-corrected chi connectivity index (χ4v) is 4.27. The van der Waals surface area contributed by atoms with E-state index in [2.05, 4.69) is 10.3 Å². The van der Waals surface area contributed by atoms with Gasteiger partial charge in [-0.3, -0.25) is 9.78 Å². The average molecular weight is 389 g/mol. The minimum Gasteiger partial charge on any atom is -0.452 e. The predicted molar refractivity (Wildman–Crippen MR) is 97.6 cm³/mol. The Morgan fingerprint density at radius 2 is 1.93 bits per heavy atom. The topological polar surface area (TPSA) is 106 Å². The van der Waals surface area contributed by atoms with Crippen molar-refractivity contribution in [2.24, 2.45) is 0 Å². The van der Waals surface area contributed by atoms with Gasteiger partial charge in [0.05, 0.1) is 10.5 Å². The maximum absolute atomic E-state index is 12.6. The van der Waals surface area contributed by atoms with Crippen molar-refractivity contribution in [1.82, 2.24) is 9.29 Å². The van der Waals surface area contributed by atoms with Crippen LogP contribution in [0.4, 0.5) is 5.69 Å². The maximum Gasteiger partial charge on any atom is 0.340 e. The smallest absolute Gasteiger partial charge is 0.340 e. The van der Waals surface area contributed by atoms with Crippen molar-refractivity contribution in [2.45, 2.75) is 17.7 Å². The van der Waals surface area contributed by atoms with Gasteiger partial charge in [0.25, 0.3) is 5.91 Å². The lowest BCUT2D eigenvalue weighted by molar-refractivity contribution is -0.119. The third-order valence-electron chi connectivity index (χ3n) is 4.05. The van der Waals surface area contributed by atoms with Gasteiger partial charge in [-0.05, 0) is 43.2 Å². The van der Waals surface area contributed by atoms with Gasteiger partial charge in [0.15, 0.2) is 6.61 Å². The molecule has 0 spiro atoms. The van der Waals surface area contributed by atoms with E-state index in [0.29, 0.717) is 18.8 Å². The van der Waals surface area contributed by atoms with E-state index in [1.165, 1.54) is 34.9 Å². The minimum atomic E-state index is -3.57. The van der Waals surface area contributed by atoms with E-state index in [4.69, 9.17) is 4.74 Å². The van der Waals surface area contributed by atoms with Crippen molar-refractivity contribution in [1.29, 1.82) is 0 Å². The first kappa shape index (κ1) is 19.0. The average Bonchev–Trinajstić information content (AvgIpc) is 3.23. The van der Waals surface area contributed by atoms with Crippen LogP contribution in [0, 0.1) is 0 Å². The van der Waals surface area contributed by atoms with E-state index in [1.807, 2.05) is 0 Å². The standard InChI is InChI=1S/C18H19N3O5S/c22-17(13-26-18(23)14-5-4-8-19-12-14)20-15-6-3-7-16(11-15)27(24,25)21-9-1-2-10-21/h3-8,11-12H,1-2,9-10,13H2,(H,20,22). The Bertz CT molecular complexity index is 925. The van der Waals surface area contributed by atoms with E-state index < -0.39 is 28.5 Å². The lowest BCUT2D eigenvalue weighted by Gasteiger charge is -2.16. The zero-order valence-corrected chi connectivity index (χ0v) is 15.3. The monoisotopic (exact) mass is 389 g/mol. The molecule has 1 fully saturated rings. The van der Waals surface area contributed by atoms with Gasteiger partial charge in [0.1, 0.15) is 0 Å². The summed E-state index contributed by atoms with van der Waals surface area (Å²) in [5.41, 5.74) is 0.557. The molecule has 0 aliphatic carbocycles. The largest absolute Gasteiger partial charge is 0.452 e. The quantitative estimate of drug-likeness (QED) is 0.753. The fraction of sp³-hybridized carbons (Fsp3) is 0.278. The summed E-state index contributed by atoms with van der Waals surface area (Å²) in [5.74, 6) is -1.23. The molecular formula is C18H19N3O5S. The molecule has 0 saturated carbocycles. The molecule has 0 bridgehead atoms. The number of carbonyl (C=O) groups excluding carboxylic acids is 2. The van der Waals surface area contributed by atoms with Crippen LogP contribution in [0.5, 0.6) is 0 Å². The number of rotatable bonds is 6. The third-order valence-corrected chi connectivity index (χ3v) is 5.95. The molecule has 1 saturated heterocycles. The number of nitrogens with one attached hydrogen (secondary N) is 1. The van der Waals surface area contributed by atoms with Crippen molar-refractivity contribution in [3.63, 3.8) is 0 Å². The van der Waals surface area contributed by atoms with E-state index in [-0.39, 0.29) is 10.5 Å². The molecule has 2 heterocycles. The highest BCUT2D eigenvalue weighted by Crippen LogP contribution is 2.23. The van der Waals surface area contributed by atoms with E-state index in [9.17, 15) is 18.0 Å². The van der Waals surface area contributed by atoms with Crippen LogP contribution >= 0.6 is 0 Å². The molecule has 27 heavy (non-hydrogen) atoms. The summed E-state index contributed by atoms with van der Waals surface area (Å²) in [4.78, 5) is 27.7. The summed E-state index contributed by atoms with van der Waals surface area (Å²) >= 11 is 0. The first-order chi connectivity index (χ1) is 13.0. The van der Waals surface area contributed by atoms with Gasteiger partial charge in [0, 0.05) is 31.2 Å². The molecular weight excluding hydrogens is 370 g/mol. The molecule has 1 aliphatic rings. The number of sulfonamides is 1. The summed E-state index contributed by atoms with van der Waals surface area (Å²) in [6.07, 6.45) is 4.55. The summed E-state index contributed by atoms with van der Waals surface area (Å²) in [6.45, 7) is 0.517. The highest BCUT2D eigenvalue weighted by molar-refractivity contribution is 7.89. The Labute approximate surface area is 157 Å². The molecule has 1 aromatic carbocycles. The summed E-state index contributed by atoms with van der Waals surface area (Å²) in [7, 11) is -3.57. The SMILES string of the molecule is O=C(COC(=O)c1cccnc1)Nc1cccc(S(=O)(=O)N2CCCC2)c1. The van der Waals surface area contributed by atoms with E-state index in [0.717, 1.165) is 12.8 Å². The molecule has 3 rings (SSSR count). The van der Waals surface area contributed by atoms with Gasteiger partial charge < -0.3 is 10.1 Å². The van der Waals surface area contributed by atoms with Crippen molar-refractivity contribution >= 4 is 27.6 Å². The normalized spacial score (nSPS) is 14.7. The maximum atomic E-state index is 12.6. The molecule has 8 nitrogen and oxygen atoms in total. The van der Waals surface area contributed by atoms with Gasteiger partial charge in [0.2, 0.25) is 10.0 Å². The Morgan fingerprint density at radius 1 is 1.15 bits per heavy atom. The number of amides is 1. The van der Waals surface area contributed by atoms with Gasteiger partial charge in [-0.25, -0.2) is 13.2 Å². The van der Waals surface area contributed by atoms with Crippen LogP contribution in [-0.2, 0) is 19.6 Å². The number of aromatic nitrogens is 1. The molecule has 9 heteroatoms. The second-order valence-electron chi connectivity index (χ2n) is 6.01. The molecule has 1 amide bonds. The van der Waals surface area contributed by atoms with Gasteiger partial charge in [-0.1, -0.05) is 6.07 Å². The van der Waals surface area contributed by atoms with Crippen LogP contribution in [0.2, 0.25) is 0 Å². The lowest BCUT2D eigenvalue weighted by Crippen LogP contribution is -2.28. The number of anilines is 1. The molecule has 0 radical (unpaired) electrons. The van der Waals surface area contributed by atoms with Crippen molar-refractivity contribution in [2.75, 3.05) is 25.0 Å². The first-order valence-corrected chi connectivity index (χ1v) is 9.88. The number of pyridine rings is 1. The van der Waals surface area contributed by atoms with Crippen LogP contribution in [0.1, 0.15) is 23.2 Å². The minimum absolute atomic E-state index is 0.120. The Kier molecular flexibility index (Phi) is 5.82. The summed E-state index contributed by atoms with van der Waals surface area (Å²) in [6, 6.07) is 9.13. The Balaban J connectivity index is 1.61. The molecule has 1 aromatic heterocycles. The molecule has 1 aliphatic heterocycles. The second-order valence-corrected chi connectivity index (χ2v) is 7.94. The van der Waals surface area contributed by atoms with Crippen LogP contribution in [0.15, 0.2) is 53.7 Å². The fourth-order valence-electron chi connectivity index (χ4n) is 2.71. The van der Waals surface area contributed by atoms with Crippen LogP contribution in [-0.4, -0.2) is 49.3 Å². The second kappa shape index (κ2) is 8.28. The van der Waals surface area contributed by atoms with Crippen molar-refractivity contribution in [3.05, 3.63) is 54.4 Å².